The van der Waals surface area contributed by atoms with Gasteiger partial charge in [-0.1, -0.05) is 0 Å². The number of hydrogen-bond donors (Lipinski definition) is 1. The van der Waals surface area contributed by atoms with Crippen LogP contribution in [0.2, 0.25) is 0 Å². The number of hydrazone groups is 1. The fraction of sp³-hybridized carbons (Fsp3) is 0.211. The summed E-state index contributed by atoms with van der Waals surface area (Å²) in [5, 5.41) is 12.6. The van der Waals surface area contributed by atoms with Crippen LogP contribution < -0.4 is 14.9 Å². The Kier molecular flexibility index (Phi) is 6.91. The van der Waals surface area contributed by atoms with Gasteiger partial charge in [0.2, 0.25) is 0 Å². The number of hydrogen-bond acceptors (Lipinski definition) is 5. The first-order valence-corrected chi connectivity index (χ1v) is 8.72. The van der Waals surface area contributed by atoms with Crippen LogP contribution in [0.4, 0.5) is 4.39 Å². The number of ether oxygens (including phenoxy) is 2. The first-order valence-electron chi connectivity index (χ1n) is 7.93. The Labute approximate surface area is 164 Å². The lowest BCUT2D eigenvalue weighted by Gasteiger charge is -2.14. The van der Waals surface area contributed by atoms with E-state index in [-0.39, 0.29) is 17.2 Å². The summed E-state index contributed by atoms with van der Waals surface area (Å²) in [6.45, 7) is 3.81. The molecule has 2 aromatic rings. The van der Waals surface area contributed by atoms with Crippen molar-refractivity contribution in [3.05, 3.63) is 57.3 Å². The molecule has 0 spiro atoms. The molecular formula is C19H17BrFN3O3. The minimum atomic E-state index is -0.792. The van der Waals surface area contributed by atoms with E-state index < -0.39 is 11.7 Å². The predicted molar refractivity (Wildman–Crippen MR) is 103 cm³/mol. The molecular weight excluding hydrogens is 417 g/mol. The maximum atomic E-state index is 13.8. The number of nitriles is 1. The summed E-state index contributed by atoms with van der Waals surface area (Å²) in [5.41, 5.74) is 2.81. The van der Waals surface area contributed by atoms with E-state index in [0.29, 0.717) is 21.5 Å². The van der Waals surface area contributed by atoms with Crippen LogP contribution in [0.15, 0.2) is 39.9 Å². The van der Waals surface area contributed by atoms with Crippen molar-refractivity contribution in [3.63, 3.8) is 0 Å². The highest BCUT2D eigenvalue weighted by Gasteiger charge is 2.13. The van der Waals surface area contributed by atoms with Gasteiger partial charge in [-0.25, -0.2) is 9.82 Å². The van der Waals surface area contributed by atoms with E-state index in [4.69, 9.17) is 14.7 Å². The van der Waals surface area contributed by atoms with Gasteiger partial charge in [0.25, 0.3) is 5.91 Å². The van der Waals surface area contributed by atoms with Crippen LogP contribution in [-0.4, -0.2) is 25.3 Å². The fourth-order valence-electron chi connectivity index (χ4n) is 2.14. The third kappa shape index (κ3) is 5.28. The Bertz CT molecular complexity index is 923. The second-order valence-corrected chi connectivity index (χ2v) is 6.55. The number of amides is 1. The van der Waals surface area contributed by atoms with Crippen LogP contribution in [0.1, 0.15) is 35.3 Å². The number of rotatable bonds is 6. The molecule has 0 saturated carbocycles. The molecule has 140 valence electrons. The van der Waals surface area contributed by atoms with Crippen LogP contribution in [-0.2, 0) is 0 Å². The normalized spacial score (nSPS) is 10.7. The summed E-state index contributed by atoms with van der Waals surface area (Å²) in [4.78, 5) is 12.0. The zero-order valence-electron chi connectivity index (χ0n) is 14.9. The van der Waals surface area contributed by atoms with Crippen molar-refractivity contribution in [2.75, 3.05) is 7.11 Å². The Balaban J connectivity index is 2.16. The summed E-state index contributed by atoms with van der Waals surface area (Å²) in [6.07, 6.45) is 1.37. The third-order valence-corrected chi connectivity index (χ3v) is 4.04. The number of nitrogens with one attached hydrogen (secondary N) is 1. The monoisotopic (exact) mass is 433 g/mol. The molecule has 2 aromatic carbocycles. The van der Waals surface area contributed by atoms with Crippen molar-refractivity contribution in [1.29, 1.82) is 5.26 Å². The van der Waals surface area contributed by atoms with Crippen LogP contribution in [0.3, 0.4) is 0 Å². The maximum absolute atomic E-state index is 13.8. The van der Waals surface area contributed by atoms with E-state index >= 15 is 0 Å². The number of halogens is 2. The highest BCUT2D eigenvalue weighted by Crippen LogP contribution is 2.33. The van der Waals surface area contributed by atoms with Gasteiger partial charge < -0.3 is 9.47 Å². The summed E-state index contributed by atoms with van der Waals surface area (Å²) in [7, 11) is 1.52. The molecule has 0 saturated heterocycles. The molecule has 8 heteroatoms. The summed E-state index contributed by atoms with van der Waals surface area (Å²) in [5.74, 6) is -0.436. The molecule has 0 radical (unpaired) electrons. The van der Waals surface area contributed by atoms with E-state index in [2.05, 4.69) is 26.5 Å². The lowest BCUT2D eigenvalue weighted by Crippen LogP contribution is -2.19. The number of carbonyl (C=O) groups excluding carboxylic acids is 1. The smallest absolute Gasteiger partial charge is 0.274 e. The number of nitrogens with zero attached hydrogens (tertiary/aromatic N) is 2. The van der Waals surface area contributed by atoms with Crippen LogP contribution in [0.5, 0.6) is 11.5 Å². The summed E-state index contributed by atoms with van der Waals surface area (Å²) in [6, 6.07) is 8.82. The molecule has 27 heavy (non-hydrogen) atoms. The van der Waals surface area contributed by atoms with E-state index in [0.717, 1.165) is 6.07 Å². The average molecular weight is 434 g/mol. The lowest BCUT2D eigenvalue weighted by molar-refractivity contribution is 0.0951. The number of benzene rings is 2. The molecule has 1 N–H and O–H groups in total. The molecule has 0 aliphatic heterocycles. The maximum Gasteiger partial charge on any atom is 0.274 e. The van der Waals surface area contributed by atoms with E-state index in [1.54, 1.807) is 18.2 Å². The van der Waals surface area contributed by atoms with Gasteiger partial charge in [-0.05, 0) is 60.1 Å². The fourth-order valence-corrected chi connectivity index (χ4v) is 2.57. The molecule has 2 rings (SSSR count). The van der Waals surface area contributed by atoms with Crippen LogP contribution in [0, 0.1) is 17.1 Å². The van der Waals surface area contributed by atoms with Gasteiger partial charge in [0.15, 0.2) is 11.5 Å². The topological polar surface area (TPSA) is 83.7 Å². The van der Waals surface area contributed by atoms with Crippen molar-refractivity contribution in [2.45, 2.75) is 20.0 Å². The SMILES string of the molecule is COc1cc(/C=N\NC(=O)c2ccc(C#N)cc2F)c(Br)cc1OC(C)C. The molecule has 0 aliphatic carbocycles. The Morgan fingerprint density at radius 1 is 1.33 bits per heavy atom. The van der Waals surface area contributed by atoms with Crippen molar-refractivity contribution in [2.24, 2.45) is 5.10 Å². The van der Waals surface area contributed by atoms with E-state index in [1.807, 2.05) is 13.8 Å². The van der Waals surface area contributed by atoms with Crippen LogP contribution >= 0.6 is 15.9 Å². The highest BCUT2D eigenvalue weighted by molar-refractivity contribution is 9.10. The lowest BCUT2D eigenvalue weighted by atomic mass is 10.1. The third-order valence-electron chi connectivity index (χ3n) is 3.36. The molecule has 6 nitrogen and oxygen atoms in total. The van der Waals surface area contributed by atoms with Crippen molar-refractivity contribution in [1.82, 2.24) is 5.43 Å². The second kappa shape index (κ2) is 9.14. The van der Waals surface area contributed by atoms with Gasteiger partial charge in [0, 0.05) is 10.0 Å². The minimum absolute atomic E-state index is 0.0214. The largest absolute Gasteiger partial charge is 0.493 e. The van der Waals surface area contributed by atoms with Gasteiger partial charge >= 0.3 is 0 Å². The number of carbonyl (C=O) groups is 1. The average Bonchev–Trinajstić information content (AvgIpc) is 2.62. The predicted octanol–water partition coefficient (Wildman–Crippen LogP) is 4.02. The summed E-state index contributed by atoms with van der Waals surface area (Å²) >= 11 is 3.41. The first kappa shape index (κ1) is 20.4. The molecule has 1 amide bonds. The highest BCUT2D eigenvalue weighted by atomic mass is 79.9. The summed E-state index contributed by atoms with van der Waals surface area (Å²) < 4.78 is 25.5. The van der Waals surface area contributed by atoms with Gasteiger partial charge in [0.1, 0.15) is 5.82 Å². The molecule has 0 fully saturated rings. The molecule has 0 bridgehead atoms. The van der Waals surface area contributed by atoms with Gasteiger partial charge in [-0.2, -0.15) is 10.4 Å². The molecule has 0 aliphatic rings. The zero-order valence-corrected chi connectivity index (χ0v) is 16.5. The molecule has 0 unspecified atom stereocenters. The molecule has 0 atom stereocenters. The minimum Gasteiger partial charge on any atom is -0.493 e. The van der Waals surface area contributed by atoms with Crippen molar-refractivity contribution < 1.29 is 18.7 Å². The second-order valence-electron chi connectivity index (χ2n) is 5.70. The Hall–Kier alpha value is -2.92. The molecule has 0 aromatic heterocycles. The van der Waals surface area contributed by atoms with Crippen molar-refractivity contribution >= 4 is 28.1 Å². The zero-order chi connectivity index (χ0) is 20.0. The van der Waals surface area contributed by atoms with E-state index in [9.17, 15) is 9.18 Å². The van der Waals surface area contributed by atoms with Crippen molar-refractivity contribution in [3.8, 4) is 17.6 Å². The van der Waals surface area contributed by atoms with Gasteiger partial charge in [-0.3, -0.25) is 4.79 Å². The van der Waals surface area contributed by atoms with E-state index in [1.165, 1.54) is 25.5 Å². The molecule has 0 heterocycles. The quantitative estimate of drug-likeness (QED) is 0.550. The van der Waals surface area contributed by atoms with Crippen LogP contribution in [0.25, 0.3) is 0 Å². The standard InChI is InChI=1S/C19H17BrFN3O3/c1-11(2)27-18-8-15(20)13(7-17(18)26-3)10-23-24-19(25)14-5-4-12(9-22)6-16(14)21/h4-8,10-11H,1-3H3,(H,24,25)/b23-10-. The number of methoxy groups -OCH3 is 1. The van der Waals surface area contributed by atoms with Gasteiger partial charge in [-0.15, -0.1) is 0 Å². The first-order chi connectivity index (χ1) is 12.8. The Morgan fingerprint density at radius 2 is 2.07 bits per heavy atom. The Morgan fingerprint density at radius 3 is 2.67 bits per heavy atom. The van der Waals surface area contributed by atoms with Gasteiger partial charge in [0.05, 0.1) is 36.6 Å².